The van der Waals surface area contributed by atoms with E-state index in [1.165, 1.54) is 30.3 Å². The number of pyridine rings is 1. The molecular weight excluding hydrogens is 350 g/mol. The molecule has 0 radical (unpaired) electrons. The molecule has 8 heteroatoms. The highest BCUT2D eigenvalue weighted by atomic mass is 16.6. The molecule has 27 heavy (non-hydrogen) atoms. The van der Waals surface area contributed by atoms with Crippen LogP contribution in [0.15, 0.2) is 18.3 Å². The van der Waals surface area contributed by atoms with Gasteiger partial charge in [0, 0.05) is 32.4 Å². The number of methoxy groups -OCH3 is 1. The van der Waals surface area contributed by atoms with Crippen molar-refractivity contribution in [3.63, 3.8) is 0 Å². The van der Waals surface area contributed by atoms with Crippen LogP contribution >= 0.6 is 0 Å². The fourth-order valence-corrected chi connectivity index (χ4v) is 2.93. The van der Waals surface area contributed by atoms with E-state index in [4.69, 9.17) is 4.74 Å². The second kappa shape index (κ2) is 8.37. The van der Waals surface area contributed by atoms with Gasteiger partial charge in [0.15, 0.2) is 0 Å². The van der Waals surface area contributed by atoms with Crippen molar-refractivity contribution in [1.82, 2.24) is 14.8 Å². The van der Waals surface area contributed by atoms with Gasteiger partial charge in [0.25, 0.3) is 5.91 Å². The molecule has 1 aliphatic rings. The Balaban J connectivity index is 2.03. The van der Waals surface area contributed by atoms with E-state index >= 15 is 0 Å². The van der Waals surface area contributed by atoms with Crippen LogP contribution in [0.4, 0.5) is 4.79 Å². The molecule has 148 valence electrons. The number of likely N-dealkylation sites (N-methyl/N-ethyl adjacent to an activating group) is 1. The van der Waals surface area contributed by atoms with Gasteiger partial charge in [-0.05, 0) is 45.7 Å². The average Bonchev–Trinajstić information content (AvgIpc) is 3.07. The van der Waals surface area contributed by atoms with Crippen LogP contribution in [0.2, 0.25) is 0 Å². The van der Waals surface area contributed by atoms with Crippen LogP contribution in [0.1, 0.15) is 54.5 Å². The number of carbonyl (C=O) groups excluding carboxylic acids is 3. The number of esters is 1. The molecule has 1 aliphatic heterocycles. The lowest BCUT2D eigenvalue weighted by molar-refractivity contribution is 0.0252. The first-order chi connectivity index (χ1) is 12.6. The zero-order valence-corrected chi connectivity index (χ0v) is 16.5. The van der Waals surface area contributed by atoms with Crippen molar-refractivity contribution in [3.05, 3.63) is 29.6 Å². The largest absolute Gasteiger partial charge is 0.465 e. The Morgan fingerprint density at radius 1 is 1.30 bits per heavy atom. The lowest BCUT2D eigenvalue weighted by Crippen LogP contribution is -2.45. The maximum atomic E-state index is 12.8. The molecule has 0 bridgehead atoms. The number of aromatic nitrogens is 1. The molecule has 0 aromatic carbocycles. The Morgan fingerprint density at radius 2 is 2.00 bits per heavy atom. The average molecular weight is 377 g/mol. The topological polar surface area (TPSA) is 89.0 Å². The van der Waals surface area contributed by atoms with Crippen LogP contribution in [0.5, 0.6) is 0 Å². The summed E-state index contributed by atoms with van der Waals surface area (Å²) in [6.07, 6.45) is 2.58. The zero-order chi connectivity index (χ0) is 20.2. The van der Waals surface area contributed by atoms with Gasteiger partial charge >= 0.3 is 12.1 Å². The summed E-state index contributed by atoms with van der Waals surface area (Å²) in [6, 6.07) is 2.93. The predicted octanol–water partition coefficient (Wildman–Crippen LogP) is 2.34. The monoisotopic (exact) mass is 377 g/mol. The molecule has 1 atom stereocenters. The number of likely N-dealkylation sites (tertiary alicyclic amines) is 1. The molecule has 0 saturated carbocycles. The van der Waals surface area contributed by atoms with Gasteiger partial charge in [-0.25, -0.2) is 9.59 Å². The Hall–Kier alpha value is -2.64. The van der Waals surface area contributed by atoms with Crippen LogP contribution in [0, 0.1) is 0 Å². The van der Waals surface area contributed by atoms with Gasteiger partial charge in [0.2, 0.25) is 0 Å². The van der Waals surface area contributed by atoms with Crippen molar-refractivity contribution in [2.75, 3.05) is 27.2 Å². The minimum absolute atomic E-state index is 0.0999. The van der Waals surface area contributed by atoms with E-state index in [0.717, 1.165) is 12.8 Å². The molecule has 2 rings (SSSR count). The quantitative estimate of drug-likeness (QED) is 0.748. The van der Waals surface area contributed by atoms with Gasteiger partial charge in [-0.15, -0.1) is 0 Å². The van der Waals surface area contributed by atoms with Gasteiger partial charge in [-0.2, -0.15) is 0 Å². The second-order valence-electron chi connectivity index (χ2n) is 7.58. The summed E-state index contributed by atoms with van der Waals surface area (Å²) in [6.45, 7) is 6.43. The lowest BCUT2D eigenvalue weighted by atomic mass is 10.2. The lowest BCUT2D eigenvalue weighted by Gasteiger charge is -2.30. The number of ether oxygens (including phenoxy) is 2. The fourth-order valence-electron chi connectivity index (χ4n) is 2.93. The highest BCUT2D eigenvalue weighted by Crippen LogP contribution is 2.21. The smallest absolute Gasteiger partial charge is 0.410 e. The van der Waals surface area contributed by atoms with E-state index < -0.39 is 17.7 Å². The molecule has 2 amide bonds. The molecule has 8 nitrogen and oxygen atoms in total. The van der Waals surface area contributed by atoms with Gasteiger partial charge in [0.1, 0.15) is 11.3 Å². The first kappa shape index (κ1) is 20.7. The van der Waals surface area contributed by atoms with E-state index in [0.29, 0.717) is 13.1 Å². The SMILES string of the molecule is COC(=O)c1ccc(C(=O)N2CCCC2CN(C)C(=O)OC(C)(C)C)nc1. The van der Waals surface area contributed by atoms with Crippen LogP contribution < -0.4 is 0 Å². The molecular formula is C19H27N3O5. The van der Waals surface area contributed by atoms with Gasteiger partial charge < -0.3 is 19.3 Å². The molecule has 1 aromatic rings. The van der Waals surface area contributed by atoms with Crippen LogP contribution in [-0.2, 0) is 9.47 Å². The highest BCUT2D eigenvalue weighted by Gasteiger charge is 2.32. The summed E-state index contributed by atoms with van der Waals surface area (Å²) >= 11 is 0. The Kier molecular flexibility index (Phi) is 6.41. The van der Waals surface area contributed by atoms with Crippen molar-refractivity contribution < 1.29 is 23.9 Å². The van der Waals surface area contributed by atoms with Crippen molar-refractivity contribution >= 4 is 18.0 Å². The molecule has 1 saturated heterocycles. The maximum absolute atomic E-state index is 12.8. The van der Waals surface area contributed by atoms with Gasteiger partial charge in [0.05, 0.1) is 12.7 Å². The molecule has 2 heterocycles. The first-order valence-corrected chi connectivity index (χ1v) is 8.92. The molecule has 1 aromatic heterocycles. The van der Waals surface area contributed by atoms with Crippen LogP contribution in [0.25, 0.3) is 0 Å². The minimum Gasteiger partial charge on any atom is -0.465 e. The maximum Gasteiger partial charge on any atom is 0.410 e. The third-order valence-corrected chi connectivity index (χ3v) is 4.23. The normalized spacial score (nSPS) is 16.8. The van der Waals surface area contributed by atoms with Crippen LogP contribution in [-0.4, -0.2) is 71.6 Å². The highest BCUT2D eigenvalue weighted by molar-refractivity contribution is 5.94. The van der Waals surface area contributed by atoms with E-state index in [-0.39, 0.29) is 23.2 Å². The summed E-state index contributed by atoms with van der Waals surface area (Å²) in [5, 5.41) is 0. The van der Waals surface area contributed by atoms with E-state index in [2.05, 4.69) is 9.72 Å². The summed E-state index contributed by atoms with van der Waals surface area (Å²) in [7, 11) is 2.95. The third-order valence-electron chi connectivity index (χ3n) is 4.23. The number of amides is 2. The second-order valence-corrected chi connectivity index (χ2v) is 7.58. The number of rotatable bonds is 4. The van der Waals surface area contributed by atoms with E-state index in [1.807, 2.05) is 20.8 Å². The summed E-state index contributed by atoms with van der Waals surface area (Å²) in [5.74, 6) is -0.717. The Labute approximate surface area is 159 Å². The summed E-state index contributed by atoms with van der Waals surface area (Å²) < 4.78 is 9.99. The molecule has 1 unspecified atom stereocenters. The van der Waals surface area contributed by atoms with Crippen molar-refractivity contribution in [3.8, 4) is 0 Å². The Morgan fingerprint density at radius 3 is 2.56 bits per heavy atom. The summed E-state index contributed by atoms with van der Waals surface area (Å²) in [5.41, 5.74) is -0.0203. The number of carbonyl (C=O) groups is 3. The van der Waals surface area contributed by atoms with Crippen molar-refractivity contribution in [2.24, 2.45) is 0 Å². The fraction of sp³-hybridized carbons (Fsp3) is 0.579. The van der Waals surface area contributed by atoms with Gasteiger partial charge in [-0.1, -0.05) is 0 Å². The van der Waals surface area contributed by atoms with E-state index in [9.17, 15) is 14.4 Å². The first-order valence-electron chi connectivity index (χ1n) is 8.92. The Bertz CT molecular complexity index is 696. The van der Waals surface area contributed by atoms with Crippen LogP contribution in [0.3, 0.4) is 0 Å². The van der Waals surface area contributed by atoms with E-state index in [1.54, 1.807) is 11.9 Å². The third kappa shape index (κ3) is 5.42. The van der Waals surface area contributed by atoms with Crippen molar-refractivity contribution in [1.29, 1.82) is 0 Å². The predicted molar refractivity (Wildman–Crippen MR) is 98.5 cm³/mol. The minimum atomic E-state index is -0.568. The van der Waals surface area contributed by atoms with Crippen molar-refractivity contribution in [2.45, 2.75) is 45.3 Å². The zero-order valence-electron chi connectivity index (χ0n) is 16.5. The molecule has 0 spiro atoms. The molecule has 1 fully saturated rings. The number of hydrogen-bond donors (Lipinski definition) is 0. The van der Waals surface area contributed by atoms with Gasteiger partial charge in [-0.3, -0.25) is 9.78 Å². The number of hydrogen-bond acceptors (Lipinski definition) is 6. The molecule has 0 aliphatic carbocycles. The number of nitrogens with zero attached hydrogens (tertiary/aromatic N) is 3. The molecule has 0 N–H and O–H groups in total. The standard InChI is InChI=1S/C19H27N3O5/c1-19(2,3)27-18(25)21(4)12-14-7-6-10-22(14)16(23)15-9-8-13(11-20-15)17(24)26-5/h8-9,11,14H,6-7,10,12H2,1-5H3. The summed E-state index contributed by atoms with van der Waals surface area (Å²) in [4.78, 5) is 43.8.